The minimum absolute atomic E-state index is 0.0935. The third-order valence-corrected chi connectivity index (χ3v) is 6.06. The Morgan fingerprint density at radius 1 is 1.36 bits per heavy atom. The summed E-state index contributed by atoms with van der Waals surface area (Å²) < 4.78 is 27.6. The maximum atomic E-state index is 12.1. The van der Waals surface area contributed by atoms with Crippen LogP contribution in [0.15, 0.2) is 35.4 Å². The topological polar surface area (TPSA) is 62.3 Å². The van der Waals surface area contributed by atoms with Crippen molar-refractivity contribution in [3.63, 3.8) is 0 Å². The van der Waals surface area contributed by atoms with Gasteiger partial charge in [0.25, 0.3) is 0 Å². The molecule has 1 saturated carbocycles. The van der Waals surface area contributed by atoms with Crippen LogP contribution in [0.2, 0.25) is 4.34 Å². The Hall–Kier alpha value is -1.15. The van der Waals surface area contributed by atoms with Gasteiger partial charge >= 0.3 is 0 Å². The first-order valence-electron chi connectivity index (χ1n) is 6.88. The van der Waals surface area contributed by atoms with E-state index in [1.165, 1.54) is 17.5 Å². The van der Waals surface area contributed by atoms with Crippen LogP contribution in [0.5, 0.6) is 0 Å². The summed E-state index contributed by atoms with van der Waals surface area (Å²) in [6.07, 6.45) is 3.23. The molecule has 1 fully saturated rings. The highest BCUT2D eigenvalue weighted by atomic mass is 35.5. The van der Waals surface area contributed by atoms with Crippen molar-refractivity contribution in [2.45, 2.75) is 30.3 Å². The molecule has 5 nitrogen and oxygen atoms in total. The van der Waals surface area contributed by atoms with E-state index in [1.54, 1.807) is 12.1 Å². The molecule has 8 heteroatoms. The summed E-state index contributed by atoms with van der Waals surface area (Å²) in [4.78, 5) is 7.54. The molecule has 0 amide bonds. The average Bonchev–Trinajstić information content (AvgIpc) is 3.19. The lowest BCUT2D eigenvalue weighted by atomic mass is 10.4. The van der Waals surface area contributed by atoms with E-state index >= 15 is 0 Å². The van der Waals surface area contributed by atoms with Crippen LogP contribution in [0.4, 0.5) is 5.82 Å². The first-order chi connectivity index (χ1) is 10.4. The molecule has 1 N–H and O–H groups in total. The quantitative estimate of drug-likeness (QED) is 0.863. The smallest absolute Gasteiger partial charge is 0.242 e. The number of pyridine rings is 1. The van der Waals surface area contributed by atoms with Crippen molar-refractivity contribution in [1.29, 1.82) is 0 Å². The number of rotatable bonds is 6. The number of nitrogens with one attached hydrogen (secondary N) is 1. The van der Waals surface area contributed by atoms with E-state index in [0.29, 0.717) is 6.54 Å². The number of thiophene rings is 1. The van der Waals surface area contributed by atoms with E-state index < -0.39 is 10.0 Å². The zero-order valence-corrected chi connectivity index (χ0v) is 14.4. The summed E-state index contributed by atoms with van der Waals surface area (Å²) in [5.41, 5.74) is 0. The van der Waals surface area contributed by atoms with Gasteiger partial charge in [-0.05, 0) is 37.1 Å². The van der Waals surface area contributed by atoms with Crippen LogP contribution in [0.1, 0.15) is 17.7 Å². The van der Waals surface area contributed by atoms with Crippen LogP contribution >= 0.6 is 22.9 Å². The van der Waals surface area contributed by atoms with Crippen molar-refractivity contribution in [2.75, 3.05) is 11.9 Å². The molecule has 0 saturated heterocycles. The Balaban J connectivity index is 1.70. The number of nitrogens with zero attached hydrogens (tertiary/aromatic N) is 2. The third kappa shape index (κ3) is 3.78. The van der Waals surface area contributed by atoms with Gasteiger partial charge in [0.05, 0.1) is 10.9 Å². The predicted octanol–water partition coefficient (Wildman–Crippen LogP) is 2.87. The van der Waals surface area contributed by atoms with Crippen LogP contribution in [0.25, 0.3) is 0 Å². The maximum Gasteiger partial charge on any atom is 0.242 e. The van der Waals surface area contributed by atoms with Crippen molar-refractivity contribution in [1.82, 2.24) is 9.71 Å². The number of anilines is 1. The molecule has 0 bridgehead atoms. The van der Waals surface area contributed by atoms with Crippen LogP contribution in [0.3, 0.4) is 0 Å². The fraction of sp³-hybridized carbons (Fsp3) is 0.357. The fourth-order valence-corrected chi connectivity index (χ4v) is 4.39. The van der Waals surface area contributed by atoms with E-state index in [-0.39, 0.29) is 10.9 Å². The molecule has 0 aliphatic heterocycles. The lowest BCUT2D eigenvalue weighted by Crippen LogP contribution is -2.26. The Kier molecular flexibility index (Phi) is 4.40. The van der Waals surface area contributed by atoms with Crippen LogP contribution in [0, 0.1) is 0 Å². The zero-order valence-electron chi connectivity index (χ0n) is 12.0. The Morgan fingerprint density at radius 3 is 2.68 bits per heavy atom. The molecule has 2 aromatic rings. The second kappa shape index (κ2) is 6.16. The molecule has 0 radical (unpaired) electrons. The minimum atomic E-state index is -3.44. The second-order valence-electron chi connectivity index (χ2n) is 5.31. The Bertz CT molecular complexity index is 755. The van der Waals surface area contributed by atoms with Crippen molar-refractivity contribution >= 4 is 38.8 Å². The van der Waals surface area contributed by atoms with E-state index in [2.05, 4.69) is 9.71 Å². The molecule has 3 rings (SSSR count). The van der Waals surface area contributed by atoms with Gasteiger partial charge in [-0.25, -0.2) is 18.1 Å². The van der Waals surface area contributed by atoms with Gasteiger partial charge < -0.3 is 4.90 Å². The molecule has 1 aliphatic carbocycles. The van der Waals surface area contributed by atoms with Gasteiger partial charge in [-0.2, -0.15) is 0 Å². The molecule has 118 valence electrons. The van der Waals surface area contributed by atoms with Crippen molar-refractivity contribution < 1.29 is 8.42 Å². The van der Waals surface area contributed by atoms with Crippen molar-refractivity contribution in [3.8, 4) is 0 Å². The van der Waals surface area contributed by atoms with Gasteiger partial charge in [0.15, 0.2) is 0 Å². The van der Waals surface area contributed by atoms with Gasteiger partial charge in [0.2, 0.25) is 10.0 Å². The van der Waals surface area contributed by atoms with E-state index in [4.69, 9.17) is 11.6 Å². The van der Waals surface area contributed by atoms with Crippen molar-refractivity contribution in [3.05, 3.63) is 39.7 Å². The van der Waals surface area contributed by atoms with Gasteiger partial charge in [-0.3, -0.25) is 0 Å². The molecule has 1 aliphatic rings. The molecule has 0 spiro atoms. The monoisotopic (exact) mass is 357 g/mol. The summed E-state index contributed by atoms with van der Waals surface area (Å²) in [5, 5.41) is 0. The average molecular weight is 358 g/mol. The summed E-state index contributed by atoms with van der Waals surface area (Å²) in [6, 6.07) is 7.24. The number of aromatic nitrogens is 1. The molecule has 0 atom stereocenters. The SMILES string of the molecule is CN(Cc1ccc(Cl)s1)c1ccc(S(=O)(=O)NC2CC2)cn1. The molecular weight excluding hydrogens is 342 g/mol. The first kappa shape index (κ1) is 15.7. The lowest BCUT2D eigenvalue weighted by molar-refractivity contribution is 0.580. The number of halogens is 1. The molecular formula is C14H16ClN3O2S2. The largest absolute Gasteiger partial charge is 0.355 e. The highest BCUT2D eigenvalue weighted by molar-refractivity contribution is 7.89. The summed E-state index contributed by atoms with van der Waals surface area (Å²) >= 11 is 7.44. The predicted molar refractivity (Wildman–Crippen MR) is 89.0 cm³/mol. The van der Waals surface area contributed by atoms with Crippen LogP contribution in [-0.4, -0.2) is 26.5 Å². The third-order valence-electron chi connectivity index (χ3n) is 3.34. The van der Waals surface area contributed by atoms with Crippen LogP contribution in [-0.2, 0) is 16.6 Å². The molecule has 0 aromatic carbocycles. The summed E-state index contributed by atoms with van der Waals surface area (Å²) in [7, 11) is -1.53. The lowest BCUT2D eigenvalue weighted by Gasteiger charge is -2.17. The number of hydrogen-bond acceptors (Lipinski definition) is 5. The molecule has 2 heterocycles. The molecule has 2 aromatic heterocycles. The van der Waals surface area contributed by atoms with E-state index in [0.717, 1.165) is 27.9 Å². The number of sulfonamides is 1. The summed E-state index contributed by atoms with van der Waals surface area (Å²) in [5.74, 6) is 0.717. The Morgan fingerprint density at radius 2 is 2.14 bits per heavy atom. The number of hydrogen-bond donors (Lipinski definition) is 1. The highest BCUT2D eigenvalue weighted by Crippen LogP contribution is 2.25. The van der Waals surface area contributed by atoms with E-state index in [1.807, 2.05) is 24.1 Å². The standard InChI is InChI=1S/C14H16ClN3O2S2/c1-18(9-11-4-6-13(15)21-11)14-7-5-12(8-16-14)22(19,20)17-10-2-3-10/h4-8,10,17H,2-3,9H2,1H3. The van der Waals surface area contributed by atoms with E-state index in [9.17, 15) is 8.42 Å². The zero-order chi connectivity index (χ0) is 15.7. The molecule has 22 heavy (non-hydrogen) atoms. The van der Waals surface area contributed by atoms with Crippen molar-refractivity contribution in [2.24, 2.45) is 0 Å². The second-order valence-corrected chi connectivity index (χ2v) is 8.82. The first-order valence-corrected chi connectivity index (χ1v) is 9.55. The normalized spacial score (nSPS) is 15.0. The Labute approximate surface area is 139 Å². The highest BCUT2D eigenvalue weighted by Gasteiger charge is 2.28. The minimum Gasteiger partial charge on any atom is -0.355 e. The maximum absolute atomic E-state index is 12.1. The summed E-state index contributed by atoms with van der Waals surface area (Å²) in [6.45, 7) is 0.677. The van der Waals surface area contributed by atoms with Crippen LogP contribution < -0.4 is 9.62 Å². The van der Waals surface area contributed by atoms with Gasteiger partial charge in [0.1, 0.15) is 10.7 Å². The molecule has 0 unspecified atom stereocenters. The fourth-order valence-electron chi connectivity index (χ4n) is 2.00. The van der Waals surface area contributed by atoms with Gasteiger partial charge in [0, 0.05) is 24.2 Å². The van der Waals surface area contributed by atoms with Gasteiger partial charge in [-0.1, -0.05) is 11.6 Å². The van der Waals surface area contributed by atoms with Gasteiger partial charge in [-0.15, -0.1) is 11.3 Å².